The Morgan fingerprint density at radius 2 is 1.66 bits per heavy atom. The van der Waals surface area contributed by atoms with E-state index in [0.29, 0.717) is 12.0 Å². The zero-order chi connectivity index (χ0) is 20.6. The number of carbonyl (C=O) groups excluding carboxylic acids is 1. The van der Waals surface area contributed by atoms with E-state index in [4.69, 9.17) is 9.84 Å². The fraction of sp³-hybridized carbons (Fsp3) is 0.136. The molecule has 0 fully saturated rings. The maximum Gasteiger partial charge on any atom is 0.323 e. The zero-order valence-electron chi connectivity index (χ0n) is 15.4. The van der Waals surface area contributed by atoms with Gasteiger partial charge in [0.25, 0.3) is 5.56 Å². The van der Waals surface area contributed by atoms with Crippen LogP contribution in [0.15, 0.2) is 76.6 Å². The lowest BCUT2D eigenvalue weighted by Gasteiger charge is -2.15. The number of aromatic nitrogens is 1. The Hall–Kier alpha value is -3.96. The van der Waals surface area contributed by atoms with Crippen LogP contribution in [0.3, 0.4) is 0 Å². The number of carboxylic acid groups (broad SMARTS) is 1. The van der Waals surface area contributed by atoms with Gasteiger partial charge in [0, 0.05) is 18.2 Å². The van der Waals surface area contributed by atoms with Crippen LogP contribution < -0.4 is 10.3 Å². The molecule has 3 rings (SSSR count). The molecule has 2 aromatic carbocycles. The van der Waals surface area contributed by atoms with Crippen molar-refractivity contribution in [2.45, 2.75) is 19.6 Å². The van der Waals surface area contributed by atoms with Crippen LogP contribution in [0.5, 0.6) is 5.75 Å². The highest BCUT2D eigenvalue weighted by Gasteiger charge is 2.19. The minimum atomic E-state index is -1.17. The smallest absolute Gasteiger partial charge is 0.323 e. The molecule has 0 saturated heterocycles. The number of aliphatic imine (C=N–C) groups is 1. The predicted molar refractivity (Wildman–Crippen MR) is 106 cm³/mol. The molecule has 0 aliphatic carbocycles. The van der Waals surface area contributed by atoms with E-state index in [0.717, 1.165) is 15.7 Å². The number of nitrogens with zero attached hydrogens (tertiary/aromatic N) is 2. The van der Waals surface area contributed by atoms with Crippen LogP contribution in [-0.2, 0) is 29.2 Å². The first kappa shape index (κ1) is 19.8. The number of ether oxygens (including phenoxy) is 1. The Balaban J connectivity index is 2.09. The maximum atomic E-state index is 12.8. The lowest BCUT2D eigenvalue weighted by atomic mass is 10.0. The average molecular weight is 390 g/mol. The largest absolute Gasteiger partial charge is 0.481 e. The Morgan fingerprint density at radius 3 is 2.24 bits per heavy atom. The molecule has 7 nitrogen and oxygen atoms in total. The molecular weight excluding hydrogens is 372 g/mol. The lowest BCUT2D eigenvalue weighted by Crippen LogP contribution is -2.26. The second-order valence-corrected chi connectivity index (χ2v) is 6.30. The quantitative estimate of drug-likeness (QED) is 0.471. The fourth-order valence-electron chi connectivity index (χ4n) is 2.92. The molecule has 0 bridgehead atoms. The molecule has 1 aromatic heterocycles. The summed E-state index contributed by atoms with van der Waals surface area (Å²) in [4.78, 5) is 38.8. The van der Waals surface area contributed by atoms with Gasteiger partial charge in [0.15, 0.2) is 0 Å². The predicted octanol–water partition coefficient (Wildman–Crippen LogP) is 3.07. The topological polar surface area (TPSA) is 98.0 Å². The van der Waals surface area contributed by atoms with E-state index >= 15 is 0 Å². The molecule has 1 heterocycles. The molecule has 0 unspecified atom stereocenters. The van der Waals surface area contributed by atoms with Gasteiger partial charge in [-0.1, -0.05) is 60.7 Å². The first-order valence-electron chi connectivity index (χ1n) is 8.85. The minimum absolute atomic E-state index is 0.0615. The van der Waals surface area contributed by atoms with Crippen LogP contribution in [0.2, 0.25) is 0 Å². The summed E-state index contributed by atoms with van der Waals surface area (Å²) in [5.74, 6) is -1.34. The summed E-state index contributed by atoms with van der Waals surface area (Å²) < 4.78 is 6.75. The van der Waals surface area contributed by atoms with Gasteiger partial charge in [0.2, 0.25) is 11.8 Å². The summed E-state index contributed by atoms with van der Waals surface area (Å²) in [6.45, 7) is -0.466. The Labute approximate surface area is 166 Å². The normalized spacial score (nSPS) is 10.2. The van der Waals surface area contributed by atoms with E-state index in [1.807, 2.05) is 60.7 Å². The van der Waals surface area contributed by atoms with Crippen LogP contribution in [0, 0.1) is 0 Å². The van der Waals surface area contributed by atoms with E-state index in [9.17, 15) is 14.4 Å². The first-order chi connectivity index (χ1) is 14.1. The summed E-state index contributed by atoms with van der Waals surface area (Å²) in [6.07, 6.45) is 3.20. The van der Waals surface area contributed by atoms with Crippen LogP contribution in [0.1, 0.15) is 16.7 Å². The number of rotatable bonds is 8. The van der Waals surface area contributed by atoms with Gasteiger partial charge >= 0.3 is 5.97 Å². The third-order valence-corrected chi connectivity index (χ3v) is 4.21. The number of hydrogen-bond donors (Lipinski definition) is 1. The van der Waals surface area contributed by atoms with Gasteiger partial charge in [-0.15, -0.1) is 0 Å². The summed E-state index contributed by atoms with van der Waals surface area (Å²) in [7, 11) is 0. The molecule has 29 heavy (non-hydrogen) atoms. The van der Waals surface area contributed by atoms with Crippen molar-refractivity contribution in [1.82, 2.24) is 4.57 Å². The van der Waals surface area contributed by atoms with Crippen LogP contribution >= 0.6 is 0 Å². The number of pyridine rings is 1. The van der Waals surface area contributed by atoms with Gasteiger partial charge in [-0.2, -0.15) is 4.99 Å². The van der Waals surface area contributed by atoms with Crippen LogP contribution in [0.4, 0.5) is 5.69 Å². The van der Waals surface area contributed by atoms with Crippen molar-refractivity contribution < 1.29 is 19.4 Å². The van der Waals surface area contributed by atoms with Crippen molar-refractivity contribution >= 4 is 17.7 Å². The molecule has 0 aliphatic heterocycles. The molecule has 0 saturated carbocycles. The van der Waals surface area contributed by atoms with Crippen molar-refractivity contribution in [2.75, 3.05) is 0 Å². The monoisotopic (exact) mass is 390 g/mol. The molecule has 146 valence electrons. The highest BCUT2D eigenvalue weighted by atomic mass is 16.5. The van der Waals surface area contributed by atoms with Crippen molar-refractivity contribution in [3.05, 3.63) is 93.9 Å². The van der Waals surface area contributed by atoms with Crippen LogP contribution in [-0.4, -0.2) is 21.7 Å². The van der Waals surface area contributed by atoms with E-state index in [2.05, 4.69) is 4.99 Å². The molecule has 3 aromatic rings. The molecule has 0 radical (unpaired) electrons. The molecule has 0 aliphatic rings. The third-order valence-electron chi connectivity index (χ3n) is 4.21. The van der Waals surface area contributed by atoms with Gasteiger partial charge in [0.1, 0.15) is 18.8 Å². The van der Waals surface area contributed by atoms with Crippen molar-refractivity contribution in [2.24, 2.45) is 4.99 Å². The molecule has 1 N–H and O–H groups in total. The van der Waals surface area contributed by atoms with Gasteiger partial charge in [-0.05, 0) is 11.1 Å². The molecule has 0 atom stereocenters. The van der Waals surface area contributed by atoms with Crippen molar-refractivity contribution in [1.29, 1.82) is 0 Å². The van der Waals surface area contributed by atoms with Crippen molar-refractivity contribution in [3.8, 4) is 5.75 Å². The number of carboxylic acids is 1. The number of isocyanates is 1. The van der Waals surface area contributed by atoms with Gasteiger partial charge < -0.3 is 14.4 Å². The summed E-state index contributed by atoms with van der Waals surface area (Å²) in [5.41, 5.74) is 1.60. The SMILES string of the molecule is O=C=Nc1c(Cc2ccccc2)cn(CC(=O)O)c(=O)c1OCc1ccccc1. The van der Waals surface area contributed by atoms with Crippen molar-refractivity contribution in [3.63, 3.8) is 0 Å². The zero-order valence-corrected chi connectivity index (χ0v) is 15.4. The number of hydrogen-bond acceptors (Lipinski definition) is 5. The summed E-state index contributed by atoms with van der Waals surface area (Å²) in [6, 6.07) is 18.5. The second-order valence-electron chi connectivity index (χ2n) is 6.30. The van der Waals surface area contributed by atoms with Gasteiger partial charge in [-0.25, -0.2) is 4.79 Å². The lowest BCUT2D eigenvalue weighted by molar-refractivity contribution is -0.137. The van der Waals surface area contributed by atoms with E-state index in [1.54, 1.807) is 0 Å². The van der Waals surface area contributed by atoms with Gasteiger partial charge in [-0.3, -0.25) is 9.59 Å². The fourth-order valence-corrected chi connectivity index (χ4v) is 2.92. The molecule has 7 heteroatoms. The first-order valence-corrected chi connectivity index (χ1v) is 8.85. The standard InChI is InChI=1S/C22H18N2O5/c25-15-23-20-18(11-16-7-3-1-4-8-16)12-24(13-19(26)27)22(28)21(20)29-14-17-9-5-2-6-10-17/h1-10,12H,11,13-14H2,(H,26,27). The molecule has 0 spiro atoms. The summed E-state index contributed by atoms with van der Waals surface area (Å²) in [5, 5.41) is 9.16. The summed E-state index contributed by atoms with van der Waals surface area (Å²) >= 11 is 0. The minimum Gasteiger partial charge on any atom is -0.481 e. The average Bonchev–Trinajstić information content (AvgIpc) is 2.72. The Bertz CT molecular complexity index is 1100. The molecular formula is C22H18N2O5. The third kappa shape index (κ3) is 5.06. The van der Waals surface area contributed by atoms with E-state index < -0.39 is 18.1 Å². The number of aliphatic carboxylic acids is 1. The maximum absolute atomic E-state index is 12.8. The van der Waals surface area contributed by atoms with E-state index in [1.165, 1.54) is 12.3 Å². The van der Waals surface area contributed by atoms with Gasteiger partial charge in [0.05, 0.1) is 0 Å². The van der Waals surface area contributed by atoms with E-state index in [-0.39, 0.29) is 18.0 Å². The second kappa shape index (κ2) is 9.30. The number of carbonyl (C=O) groups is 1. The highest BCUT2D eigenvalue weighted by Crippen LogP contribution is 2.30. The Kier molecular flexibility index (Phi) is 6.35. The Morgan fingerprint density at radius 1 is 1.03 bits per heavy atom. The number of benzene rings is 2. The highest BCUT2D eigenvalue weighted by molar-refractivity contribution is 5.67. The molecule has 0 amide bonds. The van der Waals surface area contributed by atoms with Crippen LogP contribution in [0.25, 0.3) is 0 Å².